The van der Waals surface area contributed by atoms with Gasteiger partial charge in [0.25, 0.3) is 0 Å². The summed E-state index contributed by atoms with van der Waals surface area (Å²) >= 11 is 0. The molecule has 0 saturated carbocycles. The van der Waals surface area contributed by atoms with E-state index in [1.165, 1.54) is 103 Å². The predicted octanol–water partition coefficient (Wildman–Crippen LogP) is 25.4. The van der Waals surface area contributed by atoms with Crippen molar-refractivity contribution in [2.75, 3.05) is 11.9 Å². The van der Waals surface area contributed by atoms with E-state index in [0.717, 1.165) is 117 Å². The van der Waals surface area contributed by atoms with Crippen molar-refractivity contribution in [3.63, 3.8) is 0 Å². The zero-order valence-corrected chi connectivity index (χ0v) is 71.6. The van der Waals surface area contributed by atoms with Crippen molar-refractivity contribution in [1.29, 1.82) is 0 Å². The highest BCUT2D eigenvalue weighted by Crippen LogP contribution is 2.47. The summed E-state index contributed by atoms with van der Waals surface area (Å²) in [7, 11) is 10.0. The average Bonchev–Trinajstić information content (AvgIpc) is 1.57. The lowest BCUT2D eigenvalue weighted by Crippen LogP contribution is -2.37. The standard InChI is InChI=1S/2C23H19N2O.C22H20N2O.2C21H17N2O/c1-14-13-18-22-17-8-5-4-7-16(17)10-11-20(22)26-23(18)21(15(14)2)19-9-6-12-24-25(19)3;1-14-13-15(2)21-22-17-8-5-4-7-16(17)10-11-19(22)26-23(21)20(14)18-9-6-12-24-25(18)3;1-14-8-10-18-20-17-7-5-4-6-16(17)9-11-19(20)25-22(18)21(14)24-13-12-23(3)15(24)2;1-14-6-5-12-23(14)21-20-17(11-13-22(21)2)19-16-8-4-3-7-15(16)9-10-18(19)24-20;1-14-8-10-17-19-16-7-4-3-6-15(16)9-11-18(19)24-21(17)20(14)23-13-5-12-22(23)2/h2*4-13H,1-3H3;4-13,15H,1-3H3;2*3-13H,1-2H3/q2*+1;;2*+1/t;;15-;;/m..0../s1/i;2D3;;;. The van der Waals surface area contributed by atoms with Crippen LogP contribution < -0.4 is 23.5 Å². The fraction of sp³-hybridized carbons (Fsp3) is 0.127. The highest BCUT2D eigenvalue weighted by molar-refractivity contribution is 6.25. The molecule has 0 bridgehead atoms. The molecular weight excluding hydrogens is 1540 g/mol. The van der Waals surface area contributed by atoms with Gasteiger partial charge in [-0.1, -0.05) is 191 Å². The number of hydrogen-bond donors (Lipinski definition) is 0. The average molecular weight is 1640 g/mol. The van der Waals surface area contributed by atoms with Crippen LogP contribution in [0.2, 0.25) is 0 Å². The van der Waals surface area contributed by atoms with Gasteiger partial charge in [0.2, 0.25) is 17.0 Å². The minimum absolute atomic E-state index is 0.272. The molecule has 15 heteroatoms. The Kier molecular flexibility index (Phi) is 18.0. The van der Waals surface area contributed by atoms with Gasteiger partial charge in [-0.3, -0.25) is 0 Å². The Morgan fingerprint density at radius 3 is 1.29 bits per heavy atom. The van der Waals surface area contributed by atoms with Crippen molar-refractivity contribution in [1.82, 2.24) is 24.3 Å². The highest BCUT2D eigenvalue weighted by Gasteiger charge is 2.30. The minimum atomic E-state index is -2.26. The van der Waals surface area contributed by atoms with Crippen molar-refractivity contribution in [2.24, 2.45) is 28.2 Å². The van der Waals surface area contributed by atoms with Crippen molar-refractivity contribution >= 4 is 169 Å². The lowest BCUT2D eigenvalue weighted by molar-refractivity contribution is -0.744. The van der Waals surface area contributed by atoms with Crippen LogP contribution in [0.15, 0.2) is 339 Å². The van der Waals surface area contributed by atoms with Gasteiger partial charge in [-0.15, -0.1) is 9.36 Å². The molecule has 608 valence electrons. The summed E-state index contributed by atoms with van der Waals surface area (Å²) in [5.41, 5.74) is 22.2. The van der Waals surface area contributed by atoms with Gasteiger partial charge in [0, 0.05) is 95.6 Å². The van der Waals surface area contributed by atoms with Crippen molar-refractivity contribution in [2.45, 2.75) is 61.5 Å². The lowest BCUT2D eigenvalue weighted by Gasteiger charge is -2.28. The van der Waals surface area contributed by atoms with Crippen LogP contribution in [0, 0.1) is 48.4 Å². The quantitative estimate of drug-likeness (QED) is 0.155. The maximum atomic E-state index is 8.17. The fourth-order valence-corrected chi connectivity index (χ4v) is 18.9. The van der Waals surface area contributed by atoms with E-state index in [1.54, 1.807) is 23.1 Å². The van der Waals surface area contributed by atoms with Gasteiger partial charge >= 0.3 is 5.82 Å². The molecule has 1 aliphatic rings. The zero-order chi connectivity index (χ0) is 87.8. The van der Waals surface area contributed by atoms with Gasteiger partial charge in [-0.05, 0) is 219 Å². The second-order valence-electron chi connectivity index (χ2n) is 32.9. The van der Waals surface area contributed by atoms with Gasteiger partial charge in [-0.25, -0.2) is 9.13 Å². The number of pyridine rings is 1. The second-order valence-corrected chi connectivity index (χ2v) is 32.9. The van der Waals surface area contributed by atoms with E-state index in [-0.39, 0.29) is 6.17 Å². The number of hydrogen-bond acceptors (Lipinski definition) is 9. The smallest absolute Gasteiger partial charge is 0.330 e. The van der Waals surface area contributed by atoms with Gasteiger partial charge < -0.3 is 31.9 Å². The van der Waals surface area contributed by atoms with Crippen LogP contribution in [0.25, 0.3) is 198 Å². The monoisotopic (exact) mass is 1640 g/mol. The first-order valence-electron chi connectivity index (χ1n) is 43.8. The fourth-order valence-electron chi connectivity index (χ4n) is 18.9. The van der Waals surface area contributed by atoms with Crippen molar-refractivity contribution < 1.29 is 44.8 Å². The van der Waals surface area contributed by atoms with Crippen molar-refractivity contribution in [3.8, 4) is 34.0 Å². The number of anilines is 1. The molecule has 15 nitrogen and oxygen atoms in total. The molecule has 125 heavy (non-hydrogen) atoms. The Morgan fingerprint density at radius 2 is 0.808 bits per heavy atom. The van der Waals surface area contributed by atoms with Crippen LogP contribution in [-0.4, -0.2) is 37.6 Å². The van der Waals surface area contributed by atoms with Gasteiger partial charge in [0.15, 0.2) is 44.2 Å². The third-order valence-corrected chi connectivity index (χ3v) is 25.4. The molecule has 0 unspecified atom stereocenters. The summed E-state index contributed by atoms with van der Waals surface area (Å²) in [5.74, 6) is 1.05. The van der Waals surface area contributed by atoms with Crippen LogP contribution in [0.3, 0.4) is 0 Å². The molecule has 10 aromatic heterocycles. The first-order valence-corrected chi connectivity index (χ1v) is 42.3. The molecule has 25 rings (SSSR count). The Bertz CT molecular complexity index is 8480. The van der Waals surface area contributed by atoms with Crippen LogP contribution in [0.1, 0.15) is 50.1 Å². The second kappa shape index (κ2) is 30.6. The summed E-state index contributed by atoms with van der Waals surface area (Å²) in [5, 5.41) is 31.6. The normalized spacial score (nSPS) is 13.3. The molecule has 0 N–H and O–H groups in total. The summed E-state index contributed by atoms with van der Waals surface area (Å²) in [6.45, 7) is 12.6. The lowest BCUT2D eigenvalue weighted by atomic mass is 9.95. The molecular formula is C110H92N10O5+4. The third kappa shape index (κ3) is 12.8. The first-order chi connectivity index (χ1) is 62.1. The number of aryl methyl sites for hydroxylation is 10. The molecule has 0 radical (unpaired) electrons. The van der Waals surface area contributed by atoms with E-state index in [0.29, 0.717) is 22.1 Å². The largest absolute Gasteiger partial charge is 0.455 e. The number of fused-ring (bicyclic) bond motifs is 25. The number of aromatic nitrogens is 8. The first kappa shape index (κ1) is 73.4. The SMILES string of the molecule is Cc1cc2c(oc3ccc4ccccc4c32)c(-c2cccn[n+]2C)c1C.Cc1ccc2c(oc3ccc4ccccc4c32)c1-n1ccc[n+]1C.Cc1ccc2c(oc3ccc4ccccc4c32)c1N1C=CN(C)[C@@H]1C.Cc1cccn1-c1c2oc3ccc4ccccc4c3c2cc[n+]1C.[2H]C([2H])([2H])c1cc(C)c(-c2cccn[n+]2C)c2oc3ccc4ccccc4c3c12. The maximum Gasteiger partial charge on any atom is 0.330 e. The summed E-state index contributed by atoms with van der Waals surface area (Å²) in [4.78, 5) is 4.50. The molecule has 14 aromatic carbocycles. The molecule has 0 fully saturated rings. The summed E-state index contributed by atoms with van der Waals surface area (Å²) in [6, 6.07) is 91.7. The van der Waals surface area contributed by atoms with Crippen LogP contribution in [0.5, 0.6) is 0 Å². The molecule has 11 heterocycles. The Labute approximate surface area is 725 Å². The van der Waals surface area contributed by atoms with E-state index in [4.69, 9.17) is 26.2 Å². The number of nitrogens with zero attached hydrogens (tertiary/aromatic N) is 10. The predicted molar refractivity (Wildman–Crippen MR) is 508 cm³/mol. The Morgan fingerprint density at radius 1 is 0.352 bits per heavy atom. The van der Waals surface area contributed by atoms with E-state index in [1.807, 2.05) is 99.6 Å². The summed E-state index contributed by atoms with van der Waals surface area (Å²) < 4.78 is 68.4. The van der Waals surface area contributed by atoms with Crippen LogP contribution >= 0.6 is 0 Å². The van der Waals surface area contributed by atoms with E-state index in [9.17, 15) is 0 Å². The maximum absolute atomic E-state index is 8.17. The molecule has 1 atom stereocenters. The van der Waals surface area contributed by atoms with Crippen LogP contribution in [0.4, 0.5) is 5.69 Å². The van der Waals surface area contributed by atoms with E-state index in [2.05, 4.69) is 325 Å². The molecule has 24 aromatic rings. The number of furan rings is 5. The minimum Gasteiger partial charge on any atom is -0.455 e. The molecule has 0 amide bonds. The molecule has 0 spiro atoms. The number of rotatable bonds is 5. The summed E-state index contributed by atoms with van der Waals surface area (Å²) in [6.07, 6.45) is 16.3. The van der Waals surface area contributed by atoms with Gasteiger partial charge in [0.1, 0.15) is 50.9 Å². The molecule has 0 aliphatic carbocycles. The Balaban J connectivity index is 0.0000000974. The molecule has 0 saturated heterocycles. The van der Waals surface area contributed by atoms with Gasteiger partial charge in [0.05, 0.1) is 54.8 Å². The number of benzene rings is 14. The van der Waals surface area contributed by atoms with Crippen molar-refractivity contribution in [3.05, 3.63) is 356 Å². The van der Waals surface area contributed by atoms with E-state index >= 15 is 0 Å². The van der Waals surface area contributed by atoms with Gasteiger partial charge in [-0.2, -0.15) is 0 Å². The zero-order valence-electron chi connectivity index (χ0n) is 74.6. The van der Waals surface area contributed by atoms with E-state index < -0.39 is 6.85 Å². The Hall–Kier alpha value is -15.5. The highest BCUT2D eigenvalue weighted by atomic mass is 16.3. The molecule has 1 aliphatic heterocycles. The third-order valence-electron chi connectivity index (χ3n) is 25.4. The van der Waals surface area contributed by atoms with Crippen LogP contribution in [-0.2, 0) is 28.2 Å². The topological polar surface area (TPSA) is 123 Å².